The molecule has 5 rings (SSSR count). The van der Waals surface area contributed by atoms with Crippen LogP contribution in [0.15, 0.2) is 36.8 Å². The van der Waals surface area contributed by atoms with Gasteiger partial charge >= 0.3 is 6.03 Å². The number of aromatic nitrogens is 7. The summed E-state index contributed by atoms with van der Waals surface area (Å²) in [6, 6.07) is 5.50. The lowest BCUT2D eigenvalue weighted by molar-refractivity contribution is 0.193. The van der Waals surface area contributed by atoms with E-state index in [1.54, 1.807) is 21.6 Å². The highest BCUT2D eigenvalue weighted by atomic mass is 32.1. The molecule has 148 valence electrons. The second-order valence-corrected chi connectivity index (χ2v) is 8.17. The van der Waals surface area contributed by atoms with E-state index in [1.165, 1.54) is 11.3 Å². The minimum Gasteiger partial charge on any atom is -0.324 e. The second-order valence-electron chi connectivity index (χ2n) is 6.94. The van der Waals surface area contributed by atoms with Crippen molar-refractivity contribution in [1.29, 1.82) is 0 Å². The second kappa shape index (κ2) is 7.24. The summed E-state index contributed by atoms with van der Waals surface area (Å²) in [5.41, 5.74) is 0.704. The van der Waals surface area contributed by atoms with Gasteiger partial charge in [-0.15, -0.1) is 26.6 Å². The molecule has 1 saturated heterocycles. The van der Waals surface area contributed by atoms with Gasteiger partial charge in [-0.1, -0.05) is 0 Å². The van der Waals surface area contributed by atoms with Crippen LogP contribution < -0.4 is 5.32 Å². The standard InChI is InChI=1S/C18H19N9OS/c1-12-11-19-17(29-12)21-18(28)25-9-5-13(6-10-25)16-23-22-14-3-4-15(24-27(14)16)26-8-2-7-20-26/h2-4,7-8,11,13H,5-6,9-10H2,1H3,(H,19,21,28). The molecule has 0 aromatic carbocycles. The highest BCUT2D eigenvalue weighted by Crippen LogP contribution is 2.27. The Balaban J connectivity index is 1.30. The number of hydrogen-bond donors (Lipinski definition) is 1. The maximum Gasteiger partial charge on any atom is 0.323 e. The Bertz CT molecular complexity index is 1140. The summed E-state index contributed by atoms with van der Waals surface area (Å²) in [5, 5.41) is 21.0. The summed E-state index contributed by atoms with van der Waals surface area (Å²) in [6.07, 6.45) is 6.93. The maximum atomic E-state index is 12.5. The average Bonchev–Trinajstić information content (AvgIpc) is 3.48. The minimum atomic E-state index is -0.108. The summed E-state index contributed by atoms with van der Waals surface area (Å²) in [7, 11) is 0. The van der Waals surface area contributed by atoms with Crippen molar-refractivity contribution in [3.8, 4) is 5.82 Å². The first-order chi connectivity index (χ1) is 14.2. The molecule has 1 aliphatic heterocycles. The number of urea groups is 1. The molecule has 4 aromatic heterocycles. The van der Waals surface area contributed by atoms with Crippen molar-refractivity contribution < 1.29 is 4.79 Å². The van der Waals surface area contributed by atoms with Crippen molar-refractivity contribution in [2.45, 2.75) is 25.7 Å². The van der Waals surface area contributed by atoms with E-state index in [2.05, 4.69) is 30.7 Å². The van der Waals surface area contributed by atoms with E-state index in [9.17, 15) is 4.79 Å². The maximum absolute atomic E-state index is 12.5. The number of anilines is 1. The highest BCUT2D eigenvalue weighted by molar-refractivity contribution is 7.15. The van der Waals surface area contributed by atoms with E-state index >= 15 is 0 Å². The smallest absolute Gasteiger partial charge is 0.323 e. The van der Waals surface area contributed by atoms with Gasteiger partial charge < -0.3 is 4.90 Å². The number of piperidine rings is 1. The van der Waals surface area contributed by atoms with E-state index in [4.69, 9.17) is 0 Å². The summed E-state index contributed by atoms with van der Waals surface area (Å²) in [5.74, 6) is 1.72. The molecule has 0 atom stereocenters. The molecular formula is C18H19N9OS. The van der Waals surface area contributed by atoms with Gasteiger partial charge in [0.25, 0.3) is 0 Å². The van der Waals surface area contributed by atoms with Crippen LogP contribution in [0.25, 0.3) is 11.5 Å². The molecule has 1 N–H and O–H groups in total. The molecule has 5 heterocycles. The van der Waals surface area contributed by atoms with Crippen molar-refractivity contribution in [3.63, 3.8) is 0 Å². The molecule has 0 spiro atoms. The molecule has 4 aromatic rings. The summed E-state index contributed by atoms with van der Waals surface area (Å²) >= 11 is 1.47. The fraction of sp³-hybridized carbons (Fsp3) is 0.333. The zero-order chi connectivity index (χ0) is 19.8. The first-order valence-corrected chi connectivity index (χ1v) is 10.2. The third-order valence-corrected chi connectivity index (χ3v) is 5.82. The number of thiazole rings is 1. The van der Waals surface area contributed by atoms with Crippen molar-refractivity contribution in [2.75, 3.05) is 18.4 Å². The van der Waals surface area contributed by atoms with E-state index in [-0.39, 0.29) is 11.9 Å². The molecule has 11 heteroatoms. The van der Waals surface area contributed by atoms with Gasteiger partial charge in [0.15, 0.2) is 22.4 Å². The van der Waals surface area contributed by atoms with E-state index in [0.717, 1.165) is 23.5 Å². The van der Waals surface area contributed by atoms with Crippen LogP contribution in [-0.2, 0) is 0 Å². The number of hydrogen-bond acceptors (Lipinski definition) is 7. The molecule has 0 unspecified atom stereocenters. The van der Waals surface area contributed by atoms with Gasteiger partial charge in [0.1, 0.15) is 0 Å². The number of carbonyl (C=O) groups excluding carboxylic acids is 1. The Morgan fingerprint density at radius 2 is 2.10 bits per heavy atom. The van der Waals surface area contributed by atoms with Crippen molar-refractivity contribution in [2.24, 2.45) is 0 Å². The van der Waals surface area contributed by atoms with E-state index < -0.39 is 0 Å². The molecule has 29 heavy (non-hydrogen) atoms. The van der Waals surface area contributed by atoms with Crippen molar-refractivity contribution >= 4 is 28.1 Å². The number of fused-ring (bicyclic) bond motifs is 1. The van der Waals surface area contributed by atoms with Gasteiger partial charge in [-0.05, 0) is 38.0 Å². The zero-order valence-corrected chi connectivity index (χ0v) is 16.6. The van der Waals surface area contributed by atoms with Gasteiger partial charge in [0, 0.05) is 42.5 Å². The first kappa shape index (κ1) is 17.7. The van der Waals surface area contributed by atoms with Gasteiger partial charge in [-0.25, -0.2) is 14.5 Å². The summed E-state index contributed by atoms with van der Waals surface area (Å²) < 4.78 is 3.49. The van der Waals surface area contributed by atoms with Crippen LogP contribution in [-0.4, -0.2) is 58.6 Å². The predicted molar refractivity (Wildman–Crippen MR) is 107 cm³/mol. The van der Waals surface area contributed by atoms with Crippen LogP contribution in [0.2, 0.25) is 0 Å². The molecule has 0 saturated carbocycles. The molecule has 0 aliphatic carbocycles. The SMILES string of the molecule is Cc1cnc(NC(=O)N2CCC(c3nnc4ccc(-n5cccn5)nn34)CC2)s1. The number of carbonyl (C=O) groups is 1. The van der Waals surface area contributed by atoms with Gasteiger partial charge in [0.05, 0.1) is 0 Å². The van der Waals surface area contributed by atoms with Crippen LogP contribution in [0.4, 0.5) is 9.93 Å². The molecule has 1 fully saturated rings. The zero-order valence-electron chi connectivity index (χ0n) is 15.8. The topological polar surface area (TPSA) is 106 Å². The number of aryl methyl sites for hydroxylation is 1. The van der Waals surface area contributed by atoms with Crippen LogP contribution in [0, 0.1) is 6.92 Å². The number of rotatable bonds is 3. The molecule has 0 bridgehead atoms. The predicted octanol–water partition coefficient (Wildman–Crippen LogP) is 2.49. The Morgan fingerprint density at radius 3 is 2.83 bits per heavy atom. The van der Waals surface area contributed by atoms with Gasteiger partial charge in [-0.3, -0.25) is 5.32 Å². The third kappa shape index (κ3) is 3.44. The quantitative estimate of drug-likeness (QED) is 0.557. The number of likely N-dealkylation sites (tertiary alicyclic amines) is 1. The molecule has 0 radical (unpaired) electrons. The highest BCUT2D eigenvalue weighted by Gasteiger charge is 2.27. The monoisotopic (exact) mass is 409 g/mol. The van der Waals surface area contributed by atoms with Crippen LogP contribution in [0.1, 0.15) is 29.5 Å². The fourth-order valence-corrected chi connectivity index (χ4v) is 4.15. The average molecular weight is 409 g/mol. The lowest BCUT2D eigenvalue weighted by Crippen LogP contribution is -2.40. The Hall–Kier alpha value is -3.34. The normalized spacial score (nSPS) is 15.1. The third-order valence-electron chi connectivity index (χ3n) is 4.99. The lowest BCUT2D eigenvalue weighted by atomic mass is 9.96. The Kier molecular flexibility index (Phi) is 4.43. The number of amides is 2. The lowest BCUT2D eigenvalue weighted by Gasteiger charge is -2.30. The van der Waals surface area contributed by atoms with Crippen LogP contribution in [0.5, 0.6) is 0 Å². The summed E-state index contributed by atoms with van der Waals surface area (Å²) in [4.78, 5) is 19.6. The van der Waals surface area contributed by atoms with Gasteiger partial charge in [-0.2, -0.15) is 9.61 Å². The van der Waals surface area contributed by atoms with Crippen molar-refractivity contribution in [3.05, 3.63) is 47.5 Å². The molecular weight excluding hydrogens is 390 g/mol. The number of nitrogens with zero attached hydrogens (tertiary/aromatic N) is 8. The Labute approximate surface area is 170 Å². The molecule has 10 nitrogen and oxygen atoms in total. The Morgan fingerprint density at radius 1 is 1.24 bits per heavy atom. The molecule has 2 amide bonds. The molecule has 1 aliphatic rings. The first-order valence-electron chi connectivity index (χ1n) is 9.38. The summed E-state index contributed by atoms with van der Waals surface area (Å²) in [6.45, 7) is 3.26. The van der Waals surface area contributed by atoms with Crippen LogP contribution >= 0.6 is 11.3 Å². The largest absolute Gasteiger partial charge is 0.324 e. The van der Waals surface area contributed by atoms with Crippen LogP contribution in [0.3, 0.4) is 0 Å². The number of nitrogens with one attached hydrogen (secondary N) is 1. The van der Waals surface area contributed by atoms with E-state index in [0.29, 0.717) is 29.7 Å². The van der Waals surface area contributed by atoms with E-state index in [1.807, 2.05) is 36.2 Å². The van der Waals surface area contributed by atoms with Crippen molar-refractivity contribution in [1.82, 2.24) is 39.5 Å². The fourth-order valence-electron chi connectivity index (χ4n) is 3.50. The minimum absolute atomic E-state index is 0.108. The van der Waals surface area contributed by atoms with Gasteiger partial charge in [0.2, 0.25) is 0 Å².